The molecule has 0 aliphatic rings. The minimum atomic E-state index is -0.478. The number of likely N-dealkylation sites (N-methyl/N-ethyl adjacent to an activating group) is 1. The molecule has 0 amide bonds. The van der Waals surface area contributed by atoms with Crippen LogP contribution in [0.4, 0.5) is 0 Å². The quantitative estimate of drug-likeness (QED) is 0.833. The Bertz CT molecular complexity index is 403. The molecule has 2 N–H and O–H groups in total. The Labute approximate surface area is 120 Å². The molecule has 1 atom stereocenters. The number of rotatable bonds is 7. The molecule has 0 saturated heterocycles. The lowest BCUT2D eigenvalue weighted by Crippen LogP contribution is -2.40. The van der Waals surface area contributed by atoms with E-state index in [9.17, 15) is 0 Å². The molecule has 0 fully saturated rings. The third kappa shape index (κ3) is 4.18. The molecule has 1 heterocycles. The van der Waals surface area contributed by atoms with Gasteiger partial charge in [-0.15, -0.1) is 0 Å². The van der Waals surface area contributed by atoms with Gasteiger partial charge in [0.2, 0.25) is 0 Å². The van der Waals surface area contributed by atoms with Gasteiger partial charge in [0.15, 0.2) is 0 Å². The van der Waals surface area contributed by atoms with Crippen LogP contribution < -0.4 is 5.73 Å². The van der Waals surface area contributed by atoms with Crippen LogP contribution in [-0.4, -0.2) is 47.5 Å². The molecule has 0 saturated carbocycles. The van der Waals surface area contributed by atoms with E-state index in [-0.39, 0.29) is 6.04 Å². The SMILES string of the molecule is CCOC(C)(C)C(N)c1c(Cl)cnn1CCN(C)C. The van der Waals surface area contributed by atoms with Crippen molar-refractivity contribution in [2.45, 2.75) is 39.0 Å². The van der Waals surface area contributed by atoms with Crippen LogP contribution in [0.15, 0.2) is 6.20 Å². The predicted octanol–water partition coefficient (Wildman–Crippen LogP) is 1.91. The smallest absolute Gasteiger partial charge is 0.0835 e. The first kappa shape index (κ1) is 16.4. The number of hydrogen-bond donors (Lipinski definition) is 1. The van der Waals surface area contributed by atoms with Crippen molar-refractivity contribution in [3.05, 3.63) is 16.9 Å². The molecule has 1 rings (SSSR count). The number of halogens is 1. The van der Waals surface area contributed by atoms with Gasteiger partial charge in [-0.2, -0.15) is 5.10 Å². The molecular formula is C13H25ClN4O. The van der Waals surface area contributed by atoms with E-state index in [0.717, 1.165) is 18.8 Å². The maximum Gasteiger partial charge on any atom is 0.0835 e. The summed E-state index contributed by atoms with van der Waals surface area (Å²) in [7, 11) is 4.05. The standard InChI is InChI=1S/C13H25ClN4O/c1-6-19-13(2,3)12(15)11-10(14)9-16-18(11)8-7-17(4)5/h9,12H,6-8,15H2,1-5H3. The molecule has 0 bridgehead atoms. The molecule has 0 aliphatic carbocycles. The van der Waals surface area contributed by atoms with Crippen LogP contribution in [0.1, 0.15) is 32.5 Å². The van der Waals surface area contributed by atoms with Crippen molar-refractivity contribution < 1.29 is 4.74 Å². The summed E-state index contributed by atoms with van der Waals surface area (Å²) >= 11 is 6.23. The van der Waals surface area contributed by atoms with Gasteiger partial charge in [-0.1, -0.05) is 11.6 Å². The van der Waals surface area contributed by atoms with E-state index in [1.807, 2.05) is 39.5 Å². The van der Waals surface area contributed by atoms with Gasteiger partial charge in [-0.3, -0.25) is 4.68 Å². The lowest BCUT2D eigenvalue weighted by Gasteiger charge is -2.32. The Kier molecular flexibility index (Phi) is 5.80. The van der Waals surface area contributed by atoms with Crippen molar-refractivity contribution in [3.63, 3.8) is 0 Å². The van der Waals surface area contributed by atoms with Crippen molar-refractivity contribution in [3.8, 4) is 0 Å². The summed E-state index contributed by atoms with van der Waals surface area (Å²) in [5.74, 6) is 0. The zero-order valence-electron chi connectivity index (χ0n) is 12.5. The van der Waals surface area contributed by atoms with Crippen LogP contribution in [0.25, 0.3) is 0 Å². The van der Waals surface area contributed by atoms with Gasteiger partial charge in [0, 0.05) is 13.2 Å². The van der Waals surface area contributed by atoms with E-state index in [1.165, 1.54) is 0 Å². The molecule has 1 aromatic rings. The van der Waals surface area contributed by atoms with Gasteiger partial charge >= 0.3 is 0 Å². The molecule has 19 heavy (non-hydrogen) atoms. The average molecular weight is 289 g/mol. The Morgan fingerprint density at radius 1 is 1.53 bits per heavy atom. The molecule has 0 aromatic carbocycles. The van der Waals surface area contributed by atoms with Crippen molar-refractivity contribution in [1.82, 2.24) is 14.7 Å². The Hall–Kier alpha value is -0.620. The Morgan fingerprint density at radius 3 is 2.68 bits per heavy atom. The second kappa shape index (κ2) is 6.70. The lowest BCUT2D eigenvalue weighted by molar-refractivity contribution is -0.0316. The molecule has 0 aliphatic heterocycles. The minimum Gasteiger partial charge on any atom is -0.374 e. The van der Waals surface area contributed by atoms with E-state index >= 15 is 0 Å². The summed E-state index contributed by atoms with van der Waals surface area (Å²) in [6, 6.07) is -0.315. The van der Waals surface area contributed by atoms with Crippen molar-refractivity contribution in [2.75, 3.05) is 27.2 Å². The topological polar surface area (TPSA) is 56.3 Å². The van der Waals surface area contributed by atoms with Gasteiger partial charge in [-0.05, 0) is 34.9 Å². The van der Waals surface area contributed by atoms with Crippen molar-refractivity contribution in [2.24, 2.45) is 5.73 Å². The highest BCUT2D eigenvalue weighted by Crippen LogP contribution is 2.31. The van der Waals surface area contributed by atoms with E-state index < -0.39 is 5.60 Å². The fourth-order valence-electron chi connectivity index (χ4n) is 1.95. The van der Waals surface area contributed by atoms with Crippen LogP contribution in [0, 0.1) is 0 Å². The summed E-state index contributed by atoms with van der Waals surface area (Å²) in [5, 5.41) is 4.90. The molecule has 0 radical (unpaired) electrons. The summed E-state index contributed by atoms with van der Waals surface area (Å²) in [4.78, 5) is 2.10. The maximum absolute atomic E-state index is 6.33. The zero-order valence-corrected chi connectivity index (χ0v) is 13.2. The molecule has 110 valence electrons. The Morgan fingerprint density at radius 2 is 2.16 bits per heavy atom. The fraction of sp³-hybridized carbons (Fsp3) is 0.769. The molecule has 0 spiro atoms. The van der Waals surface area contributed by atoms with Crippen molar-refractivity contribution in [1.29, 1.82) is 0 Å². The van der Waals surface area contributed by atoms with Gasteiger partial charge in [0.25, 0.3) is 0 Å². The molecule has 6 heteroatoms. The summed E-state index contributed by atoms with van der Waals surface area (Å²) in [6.45, 7) is 8.16. The normalized spacial score (nSPS) is 14.1. The lowest BCUT2D eigenvalue weighted by atomic mass is 9.96. The zero-order chi connectivity index (χ0) is 14.6. The van der Waals surface area contributed by atoms with Crippen LogP contribution in [0.5, 0.6) is 0 Å². The highest BCUT2D eigenvalue weighted by atomic mass is 35.5. The van der Waals surface area contributed by atoms with E-state index in [1.54, 1.807) is 6.20 Å². The molecule has 1 aromatic heterocycles. The van der Waals surface area contributed by atoms with Gasteiger partial charge in [0.1, 0.15) is 0 Å². The van der Waals surface area contributed by atoms with Gasteiger partial charge in [-0.25, -0.2) is 0 Å². The third-order valence-corrected chi connectivity index (χ3v) is 3.44. The van der Waals surface area contributed by atoms with E-state index in [0.29, 0.717) is 11.6 Å². The van der Waals surface area contributed by atoms with Gasteiger partial charge < -0.3 is 15.4 Å². The summed E-state index contributed by atoms with van der Waals surface area (Å²) in [6.07, 6.45) is 1.65. The van der Waals surface area contributed by atoms with Crippen molar-refractivity contribution >= 4 is 11.6 Å². The van der Waals surface area contributed by atoms with Crippen LogP contribution in [0.2, 0.25) is 5.02 Å². The number of aromatic nitrogens is 2. The summed E-state index contributed by atoms with van der Waals surface area (Å²) in [5.41, 5.74) is 6.68. The first-order chi connectivity index (χ1) is 8.79. The predicted molar refractivity (Wildman–Crippen MR) is 78.4 cm³/mol. The van der Waals surface area contributed by atoms with Gasteiger partial charge in [0.05, 0.1) is 35.1 Å². The fourth-order valence-corrected chi connectivity index (χ4v) is 2.20. The second-order valence-corrected chi connectivity index (χ2v) is 5.83. The number of hydrogen-bond acceptors (Lipinski definition) is 4. The minimum absolute atomic E-state index is 0.315. The molecule has 1 unspecified atom stereocenters. The second-order valence-electron chi connectivity index (χ2n) is 5.42. The monoisotopic (exact) mass is 288 g/mol. The third-order valence-electron chi connectivity index (χ3n) is 3.15. The summed E-state index contributed by atoms with van der Waals surface area (Å²) < 4.78 is 7.58. The maximum atomic E-state index is 6.33. The highest BCUT2D eigenvalue weighted by molar-refractivity contribution is 6.31. The Balaban J connectivity index is 2.95. The molecule has 5 nitrogen and oxygen atoms in total. The average Bonchev–Trinajstić information content (AvgIpc) is 2.66. The van der Waals surface area contributed by atoms with Crippen LogP contribution in [-0.2, 0) is 11.3 Å². The first-order valence-corrected chi connectivity index (χ1v) is 6.92. The van der Waals surface area contributed by atoms with Crippen LogP contribution >= 0.6 is 11.6 Å². The number of nitrogens with two attached hydrogens (primary N) is 1. The molecular weight excluding hydrogens is 264 g/mol. The highest BCUT2D eigenvalue weighted by Gasteiger charge is 2.32. The largest absolute Gasteiger partial charge is 0.374 e. The number of nitrogens with zero attached hydrogens (tertiary/aromatic N) is 3. The number of ether oxygens (including phenoxy) is 1. The van der Waals surface area contributed by atoms with E-state index in [2.05, 4.69) is 10.00 Å². The van der Waals surface area contributed by atoms with E-state index in [4.69, 9.17) is 22.1 Å². The first-order valence-electron chi connectivity index (χ1n) is 6.55. The van der Waals surface area contributed by atoms with Crippen LogP contribution in [0.3, 0.4) is 0 Å².